The summed E-state index contributed by atoms with van der Waals surface area (Å²) < 4.78 is 26.8. The average Bonchev–Trinajstić information content (AvgIpc) is 2.78. The molecule has 1 aromatic carbocycles. The van der Waals surface area contributed by atoms with Crippen molar-refractivity contribution in [3.05, 3.63) is 44.9 Å². The monoisotopic (exact) mass is 330 g/mol. The molecule has 7 heteroatoms. The van der Waals surface area contributed by atoms with Gasteiger partial charge in [-0.1, -0.05) is 17.7 Å². The average molecular weight is 331 g/mol. The van der Waals surface area contributed by atoms with E-state index in [1.807, 2.05) is 13.8 Å². The number of aryl methyl sites for hydroxylation is 2. The first-order chi connectivity index (χ1) is 9.38. The van der Waals surface area contributed by atoms with Crippen molar-refractivity contribution < 1.29 is 8.42 Å². The maximum absolute atomic E-state index is 12.1. The van der Waals surface area contributed by atoms with E-state index in [-0.39, 0.29) is 4.90 Å². The molecule has 0 bridgehead atoms. The van der Waals surface area contributed by atoms with Crippen molar-refractivity contribution >= 4 is 33.0 Å². The normalized spacial score (nSPS) is 11.8. The highest BCUT2D eigenvalue weighted by Gasteiger charge is 2.14. The highest BCUT2D eigenvalue weighted by molar-refractivity contribution is 7.89. The molecule has 0 atom stereocenters. The molecule has 1 aromatic heterocycles. The van der Waals surface area contributed by atoms with Crippen molar-refractivity contribution in [1.29, 1.82) is 0 Å². The summed E-state index contributed by atoms with van der Waals surface area (Å²) in [4.78, 5) is 5.39. The van der Waals surface area contributed by atoms with E-state index in [1.165, 1.54) is 6.07 Å². The second-order valence-electron chi connectivity index (χ2n) is 4.40. The lowest BCUT2D eigenvalue weighted by molar-refractivity contribution is 0.582. The van der Waals surface area contributed by atoms with Crippen LogP contribution in [-0.2, 0) is 16.4 Å². The van der Waals surface area contributed by atoms with E-state index in [9.17, 15) is 8.42 Å². The zero-order valence-electron chi connectivity index (χ0n) is 11.2. The molecule has 1 heterocycles. The first-order valence-corrected chi connectivity index (χ1v) is 8.73. The van der Waals surface area contributed by atoms with Crippen molar-refractivity contribution in [3.8, 4) is 0 Å². The van der Waals surface area contributed by atoms with E-state index in [4.69, 9.17) is 11.6 Å². The third-order valence-corrected chi connectivity index (χ3v) is 5.62. The van der Waals surface area contributed by atoms with E-state index in [0.717, 1.165) is 15.4 Å². The van der Waals surface area contributed by atoms with Crippen molar-refractivity contribution in [3.63, 3.8) is 0 Å². The second-order valence-corrected chi connectivity index (χ2v) is 7.90. The van der Waals surface area contributed by atoms with Gasteiger partial charge in [0.25, 0.3) is 0 Å². The van der Waals surface area contributed by atoms with Gasteiger partial charge in [0.15, 0.2) is 0 Å². The molecule has 0 aliphatic heterocycles. The molecule has 0 saturated carbocycles. The molecule has 0 radical (unpaired) electrons. The summed E-state index contributed by atoms with van der Waals surface area (Å²) in [6.07, 6.45) is 2.40. The van der Waals surface area contributed by atoms with Gasteiger partial charge in [-0.05, 0) is 38.0 Å². The fraction of sp³-hybridized carbons (Fsp3) is 0.308. The van der Waals surface area contributed by atoms with Gasteiger partial charge in [0.1, 0.15) is 0 Å². The van der Waals surface area contributed by atoms with Gasteiger partial charge in [-0.3, -0.25) is 0 Å². The van der Waals surface area contributed by atoms with Crippen LogP contribution in [0.25, 0.3) is 0 Å². The van der Waals surface area contributed by atoms with Gasteiger partial charge in [0, 0.05) is 22.6 Å². The lowest BCUT2D eigenvalue weighted by Crippen LogP contribution is -2.25. The van der Waals surface area contributed by atoms with Crippen LogP contribution in [0.3, 0.4) is 0 Å². The van der Waals surface area contributed by atoms with Crippen LogP contribution in [-0.4, -0.2) is 19.9 Å². The highest BCUT2D eigenvalue weighted by Crippen LogP contribution is 2.20. The summed E-state index contributed by atoms with van der Waals surface area (Å²) >= 11 is 7.53. The minimum Gasteiger partial charge on any atom is -0.250 e. The van der Waals surface area contributed by atoms with Gasteiger partial charge in [-0.25, -0.2) is 18.1 Å². The van der Waals surface area contributed by atoms with Crippen molar-refractivity contribution in [2.45, 2.75) is 25.2 Å². The van der Waals surface area contributed by atoms with Gasteiger partial charge in [-0.15, -0.1) is 11.3 Å². The second kappa shape index (κ2) is 6.22. The van der Waals surface area contributed by atoms with Crippen LogP contribution in [0.1, 0.15) is 15.4 Å². The Morgan fingerprint density at radius 1 is 1.35 bits per heavy atom. The van der Waals surface area contributed by atoms with Gasteiger partial charge in [0.05, 0.1) is 9.90 Å². The van der Waals surface area contributed by atoms with Gasteiger partial charge in [0.2, 0.25) is 10.0 Å². The van der Waals surface area contributed by atoms with E-state index < -0.39 is 10.0 Å². The molecular formula is C13H15ClN2O2S2. The Labute approximate surface area is 127 Å². The molecule has 2 aromatic rings. The number of aromatic nitrogens is 1. The smallest absolute Gasteiger partial charge is 0.240 e. The molecule has 0 aliphatic carbocycles. The summed E-state index contributed by atoms with van der Waals surface area (Å²) in [5.41, 5.74) is 0.853. The molecule has 0 saturated heterocycles. The third kappa shape index (κ3) is 3.79. The zero-order valence-corrected chi connectivity index (χ0v) is 13.6. The molecule has 108 valence electrons. The van der Waals surface area contributed by atoms with Gasteiger partial charge < -0.3 is 0 Å². The van der Waals surface area contributed by atoms with Crippen LogP contribution < -0.4 is 4.72 Å². The maximum atomic E-state index is 12.1. The van der Waals surface area contributed by atoms with Gasteiger partial charge in [-0.2, -0.15) is 0 Å². The summed E-state index contributed by atoms with van der Waals surface area (Å²) in [6, 6.07) is 4.72. The Morgan fingerprint density at radius 3 is 2.70 bits per heavy atom. The number of rotatable bonds is 5. The minimum atomic E-state index is -3.51. The number of hydrogen-bond acceptors (Lipinski definition) is 4. The predicted octanol–water partition coefficient (Wildman–Crippen LogP) is 2.93. The van der Waals surface area contributed by atoms with Gasteiger partial charge >= 0.3 is 0 Å². The molecule has 1 N–H and O–H groups in total. The molecule has 0 aliphatic rings. The SMILES string of the molecule is Cc1ncc(CCNS(=O)(=O)c2ccc(C)c(Cl)c2)s1. The summed E-state index contributed by atoms with van der Waals surface area (Å²) in [5, 5.41) is 1.43. The molecule has 20 heavy (non-hydrogen) atoms. The number of benzene rings is 1. The first kappa shape index (κ1) is 15.4. The minimum absolute atomic E-state index is 0.189. The van der Waals surface area contributed by atoms with E-state index >= 15 is 0 Å². The quantitative estimate of drug-likeness (QED) is 0.917. The lowest BCUT2D eigenvalue weighted by Gasteiger charge is -2.07. The van der Waals surface area contributed by atoms with Crippen LogP contribution in [0.4, 0.5) is 0 Å². The Balaban J connectivity index is 2.02. The summed E-state index contributed by atoms with van der Waals surface area (Å²) in [6.45, 7) is 4.10. The number of nitrogens with one attached hydrogen (secondary N) is 1. The number of thiazole rings is 1. The van der Waals surface area contributed by atoms with Crippen LogP contribution >= 0.6 is 22.9 Å². The Morgan fingerprint density at radius 2 is 2.10 bits per heavy atom. The van der Waals surface area contributed by atoms with Crippen LogP contribution in [0.2, 0.25) is 5.02 Å². The van der Waals surface area contributed by atoms with E-state index in [0.29, 0.717) is 18.0 Å². The zero-order chi connectivity index (χ0) is 14.8. The summed E-state index contributed by atoms with van der Waals surface area (Å²) in [7, 11) is -3.51. The highest BCUT2D eigenvalue weighted by atomic mass is 35.5. The topological polar surface area (TPSA) is 59.1 Å². The molecule has 0 amide bonds. The van der Waals surface area contributed by atoms with E-state index in [2.05, 4.69) is 9.71 Å². The van der Waals surface area contributed by atoms with E-state index in [1.54, 1.807) is 29.7 Å². The molecule has 4 nitrogen and oxygen atoms in total. The molecule has 2 rings (SSSR count). The van der Waals surface area contributed by atoms with Crippen molar-refractivity contribution in [1.82, 2.24) is 9.71 Å². The fourth-order valence-electron chi connectivity index (χ4n) is 1.65. The van der Waals surface area contributed by atoms with Crippen LogP contribution in [0, 0.1) is 13.8 Å². The summed E-state index contributed by atoms with van der Waals surface area (Å²) in [5.74, 6) is 0. The number of sulfonamides is 1. The standard InChI is InChI=1S/C13H15ClN2O2S2/c1-9-3-4-12(7-13(9)14)20(17,18)16-6-5-11-8-15-10(2)19-11/h3-4,7-8,16H,5-6H2,1-2H3. The van der Waals surface area contributed by atoms with Crippen LogP contribution in [0.5, 0.6) is 0 Å². The largest absolute Gasteiger partial charge is 0.250 e. The molecular weight excluding hydrogens is 316 g/mol. The Bertz CT molecular complexity index is 711. The Hall–Kier alpha value is -0.950. The molecule has 0 fully saturated rings. The molecule has 0 unspecified atom stereocenters. The number of nitrogens with zero attached hydrogens (tertiary/aromatic N) is 1. The first-order valence-electron chi connectivity index (χ1n) is 6.05. The third-order valence-electron chi connectivity index (χ3n) is 2.79. The number of halogens is 1. The van der Waals surface area contributed by atoms with Crippen molar-refractivity contribution in [2.75, 3.05) is 6.54 Å². The Kier molecular flexibility index (Phi) is 4.80. The lowest BCUT2D eigenvalue weighted by atomic mass is 10.2. The molecule has 0 spiro atoms. The van der Waals surface area contributed by atoms with Crippen LogP contribution in [0.15, 0.2) is 29.3 Å². The van der Waals surface area contributed by atoms with Crippen molar-refractivity contribution in [2.24, 2.45) is 0 Å². The predicted molar refractivity (Wildman–Crippen MR) is 81.9 cm³/mol. The fourth-order valence-corrected chi connectivity index (χ4v) is 3.75. The maximum Gasteiger partial charge on any atom is 0.240 e. The number of hydrogen-bond donors (Lipinski definition) is 1.